The van der Waals surface area contributed by atoms with Crippen LogP contribution in [0.1, 0.15) is 18.9 Å². The summed E-state index contributed by atoms with van der Waals surface area (Å²) < 4.78 is 0. The highest BCUT2D eigenvalue weighted by molar-refractivity contribution is 5.87. The van der Waals surface area contributed by atoms with Crippen molar-refractivity contribution in [2.24, 2.45) is 0 Å². The van der Waals surface area contributed by atoms with Gasteiger partial charge in [0.25, 0.3) is 0 Å². The van der Waals surface area contributed by atoms with Gasteiger partial charge in [0.1, 0.15) is 5.69 Å². The third kappa shape index (κ3) is 7.52. The van der Waals surface area contributed by atoms with Gasteiger partial charge in [-0.3, -0.25) is 4.79 Å². The largest absolute Gasteiger partial charge is 0.550 e. The summed E-state index contributed by atoms with van der Waals surface area (Å²) in [5.74, 6) is -2.94. The molecule has 0 spiro atoms. The Hall–Kier alpha value is -1.88. The fourth-order valence-electron chi connectivity index (χ4n) is 0.898. The van der Waals surface area contributed by atoms with Gasteiger partial charge in [-0.1, -0.05) is 19.1 Å². The number of aliphatic carboxylic acids is 2. The van der Waals surface area contributed by atoms with Gasteiger partial charge in [-0.2, -0.15) is 0 Å². The Bertz CT molecular complexity index is 334. The van der Waals surface area contributed by atoms with E-state index in [0.29, 0.717) is 0 Å². The average molecular weight is 225 g/mol. The number of aryl methyl sites for hydroxylation is 1. The number of carboxylic acid groups (broad SMARTS) is 2. The normalized spacial score (nSPS) is 8.88. The molecule has 16 heavy (non-hydrogen) atoms. The molecule has 0 aliphatic rings. The van der Waals surface area contributed by atoms with Crippen LogP contribution >= 0.6 is 0 Å². The molecule has 0 fully saturated rings. The van der Waals surface area contributed by atoms with Crippen molar-refractivity contribution in [2.75, 3.05) is 0 Å². The molecule has 0 saturated heterocycles. The average Bonchev–Trinajstić information content (AvgIpc) is 2.17. The zero-order valence-electron chi connectivity index (χ0n) is 9.10. The molecule has 1 aromatic rings. The molecule has 0 heterocycles. The SMILES string of the molecule is CCc1ccc([NH3+])cc1.O=C([O-])CC(=O)O. The molecular weight excluding hydrogens is 210 g/mol. The first-order chi connectivity index (χ1) is 7.45. The van der Waals surface area contributed by atoms with Crippen LogP contribution in [0.15, 0.2) is 24.3 Å². The molecular formula is C11H15NO4. The number of carbonyl (C=O) groups excluding carboxylic acids is 1. The Labute approximate surface area is 93.5 Å². The predicted molar refractivity (Wildman–Crippen MR) is 55.6 cm³/mol. The molecule has 0 aliphatic heterocycles. The van der Waals surface area contributed by atoms with Gasteiger partial charge < -0.3 is 20.7 Å². The molecule has 4 N–H and O–H groups in total. The van der Waals surface area contributed by atoms with Crippen LogP contribution in [0.3, 0.4) is 0 Å². The number of quaternary nitrogens is 1. The van der Waals surface area contributed by atoms with E-state index in [1.807, 2.05) is 12.1 Å². The Kier molecular flexibility index (Phi) is 6.55. The van der Waals surface area contributed by atoms with Crippen LogP contribution in [0.4, 0.5) is 5.69 Å². The van der Waals surface area contributed by atoms with Crippen molar-refractivity contribution >= 4 is 17.6 Å². The number of benzene rings is 1. The number of rotatable bonds is 3. The molecule has 0 unspecified atom stereocenters. The summed E-state index contributed by atoms with van der Waals surface area (Å²) >= 11 is 0. The molecule has 5 nitrogen and oxygen atoms in total. The molecule has 1 aromatic carbocycles. The Morgan fingerprint density at radius 3 is 2.06 bits per heavy atom. The standard InChI is InChI=1S/C8H11N.C3H4O4/c1-2-7-3-5-8(9)6-4-7;4-2(5)1-3(6)7/h3-6H,2,9H2,1H3;1H2,(H,4,5)(H,6,7). The summed E-state index contributed by atoms with van der Waals surface area (Å²) in [6.45, 7) is 2.15. The number of carbonyl (C=O) groups is 2. The van der Waals surface area contributed by atoms with E-state index in [2.05, 4.69) is 24.8 Å². The number of carboxylic acids is 2. The van der Waals surface area contributed by atoms with Gasteiger partial charge in [-0.25, -0.2) is 0 Å². The first kappa shape index (κ1) is 14.1. The highest BCUT2D eigenvalue weighted by Crippen LogP contribution is 2.03. The highest BCUT2D eigenvalue weighted by atomic mass is 16.4. The minimum absolute atomic E-state index is 0.917. The van der Waals surface area contributed by atoms with Gasteiger partial charge in [0.2, 0.25) is 0 Å². The van der Waals surface area contributed by atoms with E-state index in [1.165, 1.54) is 5.56 Å². The van der Waals surface area contributed by atoms with Crippen LogP contribution in [-0.4, -0.2) is 17.0 Å². The molecule has 88 valence electrons. The van der Waals surface area contributed by atoms with Crippen molar-refractivity contribution in [1.82, 2.24) is 0 Å². The topological polar surface area (TPSA) is 105 Å². The van der Waals surface area contributed by atoms with E-state index < -0.39 is 18.4 Å². The minimum atomic E-state index is -1.56. The van der Waals surface area contributed by atoms with Gasteiger partial charge in [-0.15, -0.1) is 0 Å². The van der Waals surface area contributed by atoms with E-state index in [-0.39, 0.29) is 0 Å². The fraction of sp³-hybridized carbons (Fsp3) is 0.273. The Morgan fingerprint density at radius 2 is 1.81 bits per heavy atom. The maximum absolute atomic E-state index is 9.39. The molecule has 0 atom stereocenters. The summed E-state index contributed by atoms with van der Waals surface area (Å²) in [7, 11) is 0. The Morgan fingerprint density at radius 1 is 1.31 bits per heavy atom. The molecule has 0 saturated carbocycles. The monoisotopic (exact) mass is 225 g/mol. The van der Waals surface area contributed by atoms with Gasteiger partial charge in [0.15, 0.2) is 0 Å². The van der Waals surface area contributed by atoms with Crippen molar-refractivity contribution in [2.45, 2.75) is 19.8 Å². The van der Waals surface area contributed by atoms with Gasteiger partial charge in [0.05, 0.1) is 12.4 Å². The molecule has 0 bridgehead atoms. The Balaban J connectivity index is 0.000000293. The van der Waals surface area contributed by atoms with Crippen LogP contribution in [0.25, 0.3) is 0 Å². The van der Waals surface area contributed by atoms with Crippen LogP contribution in [-0.2, 0) is 16.0 Å². The lowest BCUT2D eigenvalue weighted by Crippen LogP contribution is -2.39. The van der Waals surface area contributed by atoms with Crippen molar-refractivity contribution in [3.05, 3.63) is 29.8 Å². The van der Waals surface area contributed by atoms with Crippen LogP contribution in [0.5, 0.6) is 0 Å². The quantitative estimate of drug-likeness (QED) is 0.665. The lowest BCUT2D eigenvalue weighted by molar-refractivity contribution is -0.305. The number of hydrogen-bond acceptors (Lipinski definition) is 3. The van der Waals surface area contributed by atoms with Crippen molar-refractivity contribution in [3.63, 3.8) is 0 Å². The summed E-state index contributed by atoms with van der Waals surface area (Å²) in [5.41, 5.74) is 6.26. The predicted octanol–water partition coefficient (Wildman–Crippen LogP) is -0.667. The fourth-order valence-corrected chi connectivity index (χ4v) is 0.898. The van der Waals surface area contributed by atoms with Gasteiger partial charge in [-0.05, 0) is 24.1 Å². The second-order valence-corrected chi connectivity index (χ2v) is 3.11. The first-order valence-electron chi connectivity index (χ1n) is 4.78. The van der Waals surface area contributed by atoms with E-state index in [0.717, 1.165) is 12.1 Å². The lowest BCUT2D eigenvalue weighted by Gasteiger charge is -1.92. The highest BCUT2D eigenvalue weighted by Gasteiger charge is 1.92. The molecule has 0 amide bonds. The van der Waals surface area contributed by atoms with E-state index >= 15 is 0 Å². The summed E-state index contributed by atoms with van der Waals surface area (Å²) in [4.78, 5) is 18.7. The molecule has 0 aromatic heterocycles. The molecule has 5 heteroatoms. The maximum Gasteiger partial charge on any atom is 0.309 e. The third-order valence-corrected chi connectivity index (χ3v) is 1.73. The second-order valence-electron chi connectivity index (χ2n) is 3.11. The number of hydrogen-bond donors (Lipinski definition) is 2. The smallest absolute Gasteiger partial charge is 0.309 e. The van der Waals surface area contributed by atoms with Gasteiger partial charge in [0, 0.05) is 0 Å². The molecule has 0 aliphatic carbocycles. The van der Waals surface area contributed by atoms with Crippen LogP contribution < -0.4 is 10.8 Å². The first-order valence-corrected chi connectivity index (χ1v) is 4.78. The van der Waals surface area contributed by atoms with Crippen LogP contribution in [0.2, 0.25) is 0 Å². The third-order valence-electron chi connectivity index (χ3n) is 1.73. The maximum atomic E-state index is 9.39. The van der Waals surface area contributed by atoms with Crippen LogP contribution in [0, 0.1) is 0 Å². The summed E-state index contributed by atoms with van der Waals surface area (Å²) in [5, 5.41) is 17.0. The van der Waals surface area contributed by atoms with Crippen molar-refractivity contribution < 1.29 is 25.5 Å². The lowest BCUT2D eigenvalue weighted by atomic mass is 10.2. The van der Waals surface area contributed by atoms with E-state index in [1.54, 1.807) is 0 Å². The zero-order valence-corrected chi connectivity index (χ0v) is 9.10. The van der Waals surface area contributed by atoms with E-state index in [4.69, 9.17) is 5.11 Å². The van der Waals surface area contributed by atoms with E-state index in [9.17, 15) is 14.7 Å². The molecule has 0 radical (unpaired) electrons. The molecule has 1 rings (SSSR count). The van der Waals surface area contributed by atoms with Crippen molar-refractivity contribution in [1.29, 1.82) is 0 Å². The zero-order chi connectivity index (χ0) is 12.6. The summed E-state index contributed by atoms with van der Waals surface area (Å²) in [6.07, 6.45) is 0.195. The summed E-state index contributed by atoms with van der Waals surface area (Å²) in [6, 6.07) is 8.31. The van der Waals surface area contributed by atoms with Gasteiger partial charge >= 0.3 is 5.97 Å². The second kappa shape index (κ2) is 7.42. The van der Waals surface area contributed by atoms with Crippen molar-refractivity contribution in [3.8, 4) is 0 Å². The minimum Gasteiger partial charge on any atom is -0.550 e.